The molecule has 0 aromatic heterocycles. The van der Waals surface area contributed by atoms with E-state index in [-0.39, 0.29) is 0 Å². The fraction of sp³-hybridized carbons (Fsp3) is 0.520. The average molecular weight is 444 g/mol. The highest BCUT2D eigenvalue weighted by atomic mass is 32.2. The normalized spacial score (nSPS) is 23.4. The monoisotopic (exact) mass is 443 g/mol. The smallest absolute Gasteiger partial charge is 0.188 e. The van der Waals surface area contributed by atoms with Crippen LogP contribution < -0.4 is 9.47 Å². The van der Waals surface area contributed by atoms with Gasteiger partial charge in [0.1, 0.15) is 27.7 Å². The van der Waals surface area contributed by atoms with Gasteiger partial charge in [-0.25, -0.2) is 8.42 Å². The highest BCUT2D eigenvalue weighted by Gasteiger charge is 2.41. The number of likely N-dealkylation sites (tertiary alicyclic amines) is 1. The Hall–Kier alpha value is -2.05. The lowest BCUT2D eigenvalue weighted by Gasteiger charge is -2.33. The molecule has 0 bridgehead atoms. The fourth-order valence-corrected chi connectivity index (χ4v) is 6.60. The summed E-state index contributed by atoms with van der Waals surface area (Å²) in [5.41, 5.74) is 0.863. The standard InChI is InChI=1S/C25H33NO4S/c1-2-23-25(30-22-10-5-6-11-24(22)31(23,27)28)20-12-14-21(15-13-20)29-19-9-18-26-16-7-3-4-8-17-26/h5-6,10-15,23,25H,2-4,7-9,16-19H2,1H3/t23-,25-/m1/s1. The number of sulfone groups is 1. The number of para-hydroxylation sites is 1. The maximum Gasteiger partial charge on any atom is 0.188 e. The molecule has 0 amide bonds. The highest BCUT2D eigenvalue weighted by Crippen LogP contribution is 2.42. The van der Waals surface area contributed by atoms with Crippen molar-refractivity contribution in [1.82, 2.24) is 4.90 Å². The van der Waals surface area contributed by atoms with E-state index in [1.165, 1.54) is 38.8 Å². The van der Waals surface area contributed by atoms with Gasteiger partial charge in [-0.3, -0.25) is 0 Å². The number of hydrogen-bond donors (Lipinski definition) is 0. The molecule has 31 heavy (non-hydrogen) atoms. The molecule has 2 aliphatic rings. The van der Waals surface area contributed by atoms with Gasteiger partial charge in [-0.2, -0.15) is 0 Å². The van der Waals surface area contributed by atoms with Crippen molar-refractivity contribution < 1.29 is 17.9 Å². The predicted molar refractivity (Wildman–Crippen MR) is 123 cm³/mol. The van der Waals surface area contributed by atoms with Crippen molar-refractivity contribution in [2.24, 2.45) is 0 Å². The molecule has 0 radical (unpaired) electrons. The van der Waals surface area contributed by atoms with Crippen LogP contribution in [-0.2, 0) is 9.84 Å². The van der Waals surface area contributed by atoms with Gasteiger partial charge in [-0.15, -0.1) is 0 Å². The van der Waals surface area contributed by atoms with E-state index in [2.05, 4.69) is 4.90 Å². The van der Waals surface area contributed by atoms with Crippen LogP contribution in [0.5, 0.6) is 11.5 Å². The molecule has 4 rings (SSSR count). The maximum absolute atomic E-state index is 13.1. The molecule has 2 aromatic rings. The van der Waals surface area contributed by atoms with Crippen molar-refractivity contribution in [1.29, 1.82) is 0 Å². The predicted octanol–water partition coefficient (Wildman–Crippen LogP) is 5.02. The van der Waals surface area contributed by atoms with Crippen LogP contribution in [0.2, 0.25) is 0 Å². The van der Waals surface area contributed by atoms with Crippen molar-refractivity contribution in [3.63, 3.8) is 0 Å². The van der Waals surface area contributed by atoms with Crippen molar-refractivity contribution in [2.45, 2.75) is 61.7 Å². The van der Waals surface area contributed by atoms with Gasteiger partial charge >= 0.3 is 0 Å². The lowest BCUT2D eigenvalue weighted by Crippen LogP contribution is -2.35. The average Bonchev–Trinajstić information content (AvgIpc) is 3.06. The van der Waals surface area contributed by atoms with E-state index in [9.17, 15) is 8.42 Å². The van der Waals surface area contributed by atoms with Crippen LogP contribution in [0.25, 0.3) is 0 Å². The molecule has 2 aliphatic heterocycles. The lowest BCUT2D eigenvalue weighted by molar-refractivity contribution is 0.181. The molecular weight excluding hydrogens is 410 g/mol. The van der Waals surface area contributed by atoms with Gasteiger partial charge in [0.25, 0.3) is 0 Å². The van der Waals surface area contributed by atoms with Gasteiger partial charge in [0.05, 0.1) is 6.61 Å². The van der Waals surface area contributed by atoms with E-state index in [4.69, 9.17) is 9.47 Å². The van der Waals surface area contributed by atoms with Crippen LogP contribution >= 0.6 is 0 Å². The molecule has 1 fully saturated rings. The zero-order chi connectivity index (χ0) is 21.7. The Labute approximate surface area is 186 Å². The van der Waals surface area contributed by atoms with Crippen molar-refractivity contribution in [3.05, 3.63) is 54.1 Å². The first kappa shape index (κ1) is 22.2. The minimum Gasteiger partial charge on any atom is -0.494 e. The molecule has 0 N–H and O–H groups in total. The molecule has 0 spiro atoms. The molecule has 2 atom stereocenters. The molecule has 0 saturated carbocycles. The zero-order valence-electron chi connectivity index (χ0n) is 18.3. The zero-order valence-corrected chi connectivity index (χ0v) is 19.1. The van der Waals surface area contributed by atoms with Crippen LogP contribution in [0, 0.1) is 0 Å². The Morgan fingerprint density at radius 2 is 1.71 bits per heavy atom. The molecule has 1 saturated heterocycles. The lowest BCUT2D eigenvalue weighted by atomic mass is 10.0. The third-order valence-corrected chi connectivity index (χ3v) is 8.67. The van der Waals surface area contributed by atoms with Crippen LogP contribution in [0.15, 0.2) is 53.4 Å². The number of fused-ring (bicyclic) bond motifs is 1. The Kier molecular flexibility index (Phi) is 7.18. The summed E-state index contributed by atoms with van der Waals surface area (Å²) in [5, 5.41) is -0.595. The molecule has 0 unspecified atom stereocenters. The minimum atomic E-state index is -3.43. The van der Waals surface area contributed by atoms with Gasteiger partial charge < -0.3 is 14.4 Å². The van der Waals surface area contributed by atoms with Crippen molar-refractivity contribution in [2.75, 3.05) is 26.2 Å². The topological polar surface area (TPSA) is 55.8 Å². The van der Waals surface area contributed by atoms with Crippen molar-refractivity contribution in [3.8, 4) is 11.5 Å². The molecule has 6 heteroatoms. The van der Waals surface area contributed by atoms with Crippen LogP contribution in [0.4, 0.5) is 0 Å². The Bertz CT molecular complexity index is 950. The molecule has 5 nitrogen and oxygen atoms in total. The Morgan fingerprint density at radius 1 is 1.00 bits per heavy atom. The summed E-state index contributed by atoms with van der Waals surface area (Å²) < 4.78 is 38.3. The molecule has 2 aromatic carbocycles. The summed E-state index contributed by atoms with van der Waals surface area (Å²) in [6, 6.07) is 14.6. The van der Waals surface area contributed by atoms with E-state index in [0.717, 1.165) is 24.3 Å². The van der Waals surface area contributed by atoms with Gasteiger partial charge in [-0.1, -0.05) is 44.0 Å². The second-order valence-electron chi connectivity index (χ2n) is 8.50. The Morgan fingerprint density at radius 3 is 2.42 bits per heavy atom. The number of benzene rings is 2. The van der Waals surface area contributed by atoms with E-state index in [1.54, 1.807) is 24.3 Å². The first-order chi connectivity index (χ1) is 15.1. The SMILES string of the molecule is CC[C@@H]1[C@@H](c2ccc(OCCCN3CCCCCC3)cc2)Oc2ccccc2S1(=O)=O. The minimum absolute atomic E-state index is 0.294. The van der Waals surface area contributed by atoms with E-state index < -0.39 is 21.2 Å². The third-order valence-electron chi connectivity index (χ3n) is 6.34. The second kappa shape index (κ2) is 10.0. The summed E-state index contributed by atoms with van der Waals surface area (Å²) in [6.07, 6.45) is 6.33. The summed E-state index contributed by atoms with van der Waals surface area (Å²) in [4.78, 5) is 2.84. The Balaban J connectivity index is 1.37. The number of ether oxygens (including phenoxy) is 2. The first-order valence-electron chi connectivity index (χ1n) is 11.5. The summed E-state index contributed by atoms with van der Waals surface area (Å²) >= 11 is 0. The second-order valence-corrected chi connectivity index (χ2v) is 10.6. The molecule has 168 valence electrons. The summed E-state index contributed by atoms with van der Waals surface area (Å²) in [5.74, 6) is 1.25. The van der Waals surface area contributed by atoms with Gasteiger partial charge in [0.15, 0.2) is 9.84 Å². The van der Waals surface area contributed by atoms with Gasteiger partial charge in [0, 0.05) is 6.54 Å². The number of hydrogen-bond acceptors (Lipinski definition) is 5. The van der Waals surface area contributed by atoms with Crippen LogP contribution in [0.3, 0.4) is 0 Å². The number of nitrogens with zero attached hydrogens (tertiary/aromatic N) is 1. The third kappa shape index (κ3) is 5.07. The quantitative estimate of drug-likeness (QED) is 0.563. The highest BCUT2D eigenvalue weighted by molar-refractivity contribution is 7.92. The summed E-state index contributed by atoms with van der Waals surface area (Å²) in [6.45, 7) is 6.09. The molecule has 2 heterocycles. The van der Waals surface area contributed by atoms with Crippen LogP contribution in [0.1, 0.15) is 57.1 Å². The fourth-order valence-electron chi connectivity index (χ4n) is 4.63. The van der Waals surface area contributed by atoms with Gasteiger partial charge in [-0.05, 0) is 68.6 Å². The van der Waals surface area contributed by atoms with E-state index in [0.29, 0.717) is 23.7 Å². The molecular formula is C25H33NO4S. The van der Waals surface area contributed by atoms with Crippen molar-refractivity contribution >= 4 is 9.84 Å². The largest absolute Gasteiger partial charge is 0.494 e. The number of rotatable bonds is 7. The van der Waals surface area contributed by atoms with Crippen LogP contribution in [-0.4, -0.2) is 44.8 Å². The first-order valence-corrected chi connectivity index (χ1v) is 13.1. The van der Waals surface area contributed by atoms with Gasteiger partial charge in [0.2, 0.25) is 0 Å². The maximum atomic E-state index is 13.1. The molecule has 0 aliphatic carbocycles. The van der Waals surface area contributed by atoms with E-state index in [1.807, 2.05) is 31.2 Å². The van der Waals surface area contributed by atoms with E-state index >= 15 is 0 Å². The summed E-state index contributed by atoms with van der Waals surface area (Å²) in [7, 11) is -3.43.